The van der Waals surface area contributed by atoms with E-state index >= 15 is 0 Å². The van der Waals surface area contributed by atoms with Crippen LogP contribution in [0.4, 0.5) is 5.69 Å². The molecule has 1 atom stereocenters. The van der Waals surface area contributed by atoms with Crippen molar-refractivity contribution in [3.8, 4) is 5.75 Å². The van der Waals surface area contributed by atoms with Crippen molar-refractivity contribution in [1.29, 1.82) is 0 Å². The summed E-state index contributed by atoms with van der Waals surface area (Å²) in [5, 5.41) is 3.46. The van der Waals surface area contributed by atoms with Gasteiger partial charge in [0, 0.05) is 31.1 Å². The average Bonchev–Trinajstić information content (AvgIpc) is 2.86. The predicted molar refractivity (Wildman–Crippen MR) is 149 cm³/mol. The van der Waals surface area contributed by atoms with Gasteiger partial charge in [0.2, 0.25) is 21.8 Å². The minimum Gasteiger partial charge on any atom is -0.497 e. The Bertz CT molecular complexity index is 1180. The Hall–Kier alpha value is -2.49. The summed E-state index contributed by atoms with van der Waals surface area (Å²) in [5.74, 6) is 0.173. The molecule has 204 valence electrons. The summed E-state index contributed by atoms with van der Waals surface area (Å²) >= 11 is 12.3. The molecule has 2 amide bonds. The maximum Gasteiger partial charge on any atom is 0.242 e. The minimum absolute atomic E-state index is 0.0243. The van der Waals surface area contributed by atoms with Crippen LogP contribution in [0.25, 0.3) is 0 Å². The molecule has 0 spiro atoms. The molecule has 2 rings (SSSR count). The zero-order valence-electron chi connectivity index (χ0n) is 21.7. The Labute approximate surface area is 229 Å². The maximum absolute atomic E-state index is 13.5. The lowest BCUT2D eigenvalue weighted by molar-refractivity contribution is -0.141. The predicted octanol–water partition coefficient (Wildman–Crippen LogP) is 4.88. The number of rotatable bonds is 14. The van der Waals surface area contributed by atoms with Crippen molar-refractivity contribution in [3.63, 3.8) is 0 Å². The van der Waals surface area contributed by atoms with Crippen LogP contribution < -0.4 is 14.4 Å². The second kappa shape index (κ2) is 14.4. The summed E-state index contributed by atoms with van der Waals surface area (Å²) in [7, 11) is -2.12. The molecule has 0 aliphatic rings. The van der Waals surface area contributed by atoms with E-state index in [2.05, 4.69) is 5.32 Å². The fourth-order valence-electron chi connectivity index (χ4n) is 3.91. The lowest BCUT2D eigenvalue weighted by Gasteiger charge is -2.31. The van der Waals surface area contributed by atoms with Crippen molar-refractivity contribution < 1.29 is 22.7 Å². The molecular formula is C26H35Cl2N3O5S. The molecule has 0 aliphatic heterocycles. The third-order valence-electron chi connectivity index (χ3n) is 5.75. The fraction of sp³-hybridized carbons (Fsp3) is 0.462. The van der Waals surface area contributed by atoms with Crippen molar-refractivity contribution >= 4 is 50.7 Å². The van der Waals surface area contributed by atoms with Gasteiger partial charge in [-0.1, -0.05) is 49.2 Å². The van der Waals surface area contributed by atoms with Crippen LogP contribution in [-0.2, 0) is 26.2 Å². The highest BCUT2D eigenvalue weighted by molar-refractivity contribution is 7.92. The van der Waals surface area contributed by atoms with Crippen LogP contribution in [0, 0.1) is 0 Å². The van der Waals surface area contributed by atoms with Crippen molar-refractivity contribution in [3.05, 3.63) is 58.1 Å². The molecule has 37 heavy (non-hydrogen) atoms. The Morgan fingerprint density at radius 2 is 1.84 bits per heavy atom. The molecular weight excluding hydrogens is 537 g/mol. The van der Waals surface area contributed by atoms with Crippen LogP contribution in [0.3, 0.4) is 0 Å². The van der Waals surface area contributed by atoms with Gasteiger partial charge in [0.25, 0.3) is 0 Å². The number of hydrogen-bond acceptors (Lipinski definition) is 5. The van der Waals surface area contributed by atoms with E-state index in [-0.39, 0.29) is 48.5 Å². The fourth-order valence-corrected chi connectivity index (χ4v) is 5.32. The number of benzene rings is 2. The number of carbonyl (C=O) groups excluding carboxylic acids is 2. The first-order chi connectivity index (χ1) is 17.5. The van der Waals surface area contributed by atoms with Gasteiger partial charge in [0.05, 0.1) is 24.1 Å². The van der Waals surface area contributed by atoms with E-state index in [0.717, 1.165) is 22.5 Å². The molecule has 0 radical (unpaired) electrons. The summed E-state index contributed by atoms with van der Waals surface area (Å²) in [6.45, 7) is 4.56. The number of halogens is 2. The van der Waals surface area contributed by atoms with Crippen LogP contribution >= 0.6 is 23.2 Å². The third-order valence-corrected chi connectivity index (χ3v) is 7.49. The van der Waals surface area contributed by atoms with E-state index in [4.69, 9.17) is 27.9 Å². The highest BCUT2D eigenvalue weighted by Gasteiger charge is 2.29. The Balaban J connectivity index is 2.26. The molecule has 0 bridgehead atoms. The Morgan fingerprint density at radius 1 is 1.11 bits per heavy atom. The quantitative estimate of drug-likeness (QED) is 0.348. The highest BCUT2D eigenvalue weighted by atomic mass is 35.5. The van der Waals surface area contributed by atoms with Gasteiger partial charge >= 0.3 is 0 Å². The summed E-state index contributed by atoms with van der Waals surface area (Å²) in [6.07, 6.45) is 2.53. The zero-order chi connectivity index (χ0) is 27.6. The van der Waals surface area contributed by atoms with Gasteiger partial charge in [0.15, 0.2) is 0 Å². The van der Waals surface area contributed by atoms with Crippen molar-refractivity contribution in [2.75, 3.05) is 30.8 Å². The number of nitrogens with zero attached hydrogens (tertiary/aromatic N) is 2. The summed E-state index contributed by atoms with van der Waals surface area (Å²) in [6, 6.07) is 11.2. The van der Waals surface area contributed by atoms with Crippen molar-refractivity contribution in [2.24, 2.45) is 0 Å². The minimum atomic E-state index is -3.69. The van der Waals surface area contributed by atoms with Crippen LogP contribution in [0.1, 0.15) is 45.1 Å². The van der Waals surface area contributed by atoms with E-state index in [1.165, 1.54) is 12.1 Å². The van der Waals surface area contributed by atoms with Crippen molar-refractivity contribution in [2.45, 2.75) is 52.1 Å². The standard InChI is InChI=1S/C26H35Cl2N3O5S/c1-5-14-29-26(33)23(6-2)30(18-19-9-7-10-21(16-19)36-3)25(32)11-8-15-31(37(4,34)35)24-17-20(27)12-13-22(24)28/h7,9-10,12-13,16-17,23H,5-6,8,11,14-15,18H2,1-4H3,(H,29,33). The van der Waals surface area contributed by atoms with Crippen LogP contribution in [0.5, 0.6) is 5.75 Å². The van der Waals surface area contributed by atoms with Crippen LogP contribution in [-0.4, -0.2) is 57.6 Å². The van der Waals surface area contributed by atoms with Gasteiger partial charge in [-0.2, -0.15) is 0 Å². The SMILES string of the molecule is CCCNC(=O)C(CC)N(Cc1cccc(OC)c1)C(=O)CCCN(c1cc(Cl)ccc1Cl)S(C)(=O)=O. The van der Waals surface area contributed by atoms with Crippen LogP contribution in [0.15, 0.2) is 42.5 Å². The zero-order valence-corrected chi connectivity index (χ0v) is 24.0. The smallest absolute Gasteiger partial charge is 0.242 e. The first-order valence-corrected chi connectivity index (χ1v) is 14.7. The number of hydrogen-bond donors (Lipinski definition) is 1. The first-order valence-electron chi connectivity index (χ1n) is 12.1. The van der Waals surface area contributed by atoms with E-state index < -0.39 is 16.1 Å². The number of amides is 2. The second-order valence-corrected chi connectivity index (χ2v) is 11.4. The molecule has 0 heterocycles. The van der Waals surface area contributed by atoms with Gasteiger partial charge in [-0.15, -0.1) is 0 Å². The molecule has 2 aromatic carbocycles. The molecule has 1 unspecified atom stereocenters. The number of nitrogens with one attached hydrogen (secondary N) is 1. The number of ether oxygens (including phenoxy) is 1. The van der Waals surface area contributed by atoms with E-state index in [1.807, 2.05) is 38.1 Å². The third kappa shape index (κ3) is 9.09. The maximum atomic E-state index is 13.5. The Morgan fingerprint density at radius 3 is 2.46 bits per heavy atom. The number of sulfonamides is 1. The first kappa shape index (κ1) is 30.7. The van der Waals surface area contributed by atoms with E-state index in [1.54, 1.807) is 18.1 Å². The van der Waals surface area contributed by atoms with Gasteiger partial charge in [-0.25, -0.2) is 8.42 Å². The molecule has 8 nitrogen and oxygen atoms in total. The van der Waals surface area contributed by atoms with Crippen LogP contribution in [0.2, 0.25) is 10.0 Å². The topological polar surface area (TPSA) is 96.0 Å². The lowest BCUT2D eigenvalue weighted by atomic mass is 10.1. The average molecular weight is 573 g/mol. The number of methoxy groups -OCH3 is 1. The molecule has 0 aromatic heterocycles. The van der Waals surface area contributed by atoms with E-state index in [9.17, 15) is 18.0 Å². The lowest BCUT2D eigenvalue weighted by Crippen LogP contribution is -2.49. The number of anilines is 1. The van der Waals surface area contributed by atoms with Crippen molar-refractivity contribution in [1.82, 2.24) is 10.2 Å². The summed E-state index contributed by atoms with van der Waals surface area (Å²) < 4.78 is 31.5. The molecule has 2 aromatic rings. The molecule has 1 N–H and O–H groups in total. The van der Waals surface area contributed by atoms with Gasteiger partial charge in [-0.05, 0) is 55.2 Å². The Kier molecular flexibility index (Phi) is 12.0. The highest BCUT2D eigenvalue weighted by Crippen LogP contribution is 2.31. The second-order valence-electron chi connectivity index (χ2n) is 8.62. The normalized spacial score (nSPS) is 12.1. The molecule has 11 heteroatoms. The number of carbonyl (C=O) groups is 2. The molecule has 0 fully saturated rings. The molecule has 0 aliphatic carbocycles. The molecule has 0 saturated carbocycles. The van der Waals surface area contributed by atoms with Gasteiger partial charge in [-0.3, -0.25) is 13.9 Å². The monoisotopic (exact) mass is 571 g/mol. The van der Waals surface area contributed by atoms with E-state index in [0.29, 0.717) is 23.7 Å². The van der Waals surface area contributed by atoms with Gasteiger partial charge < -0.3 is 15.0 Å². The summed E-state index contributed by atoms with van der Waals surface area (Å²) in [4.78, 5) is 27.9. The molecule has 0 saturated heterocycles. The summed E-state index contributed by atoms with van der Waals surface area (Å²) in [5.41, 5.74) is 1.07. The largest absolute Gasteiger partial charge is 0.497 e. The van der Waals surface area contributed by atoms with Gasteiger partial charge in [0.1, 0.15) is 11.8 Å².